The van der Waals surface area contributed by atoms with Crippen molar-refractivity contribution in [2.24, 2.45) is 0 Å². The summed E-state index contributed by atoms with van der Waals surface area (Å²) in [6.45, 7) is 10.7. The molecule has 1 N–H and O–H groups in total. The molecule has 33 heavy (non-hydrogen) atoms. The fraction of sp³-hybridized carbons (Fsp3) is 0.407. The van der Waals surface area contributed by atoms with Crippen molar-refractivity contribution in [2.45, 2.75) is 39.8 Å². The van der Waals surface area contributed by atoms with E-state index in [2.05, 4.69) is 42.8 Å². The predicted octanol–water partition coefficient (Wildman–Crippen LogP) is 3.93. The van der Waals surface area contributed by atoms with E-state index in [9.17, 15) is 9.59 Å². The van der Waals surface area contributed by atoms with Crippen LogP contribution in [-0.4, -0.2) is 70.3 Å². The third-order valence-corrected chi connectivity index (χ3v) is 6.66. The number of amides is 2. The fourth-order valence-corrected chi connectivity index (χ4v) is 4.54. The molecule has 6 heteroatoms. The van der Waals surface area contributed by atoms with Gasteiger partial charge in [0.05, 0.1) is 6.42 Å². The van der Waals surface area contributed by atoms with E-state index in [4.69, 9.17) is 0 Å². The Morgan fingerprint density at radius 3 is 2.30 bits per heavy atom. The first kappa shape index (κ1) is 23.1. The van der Waals surface area contributed by atoms with Crippen molar-refractivity contribution in [1.29, 1.82) is 0 Å². The highest BCUT2D eigenvalue weighted by molar-refractivity contribution is 5.94. The summed E-state index contributed by atoms with van der Waals surface area (Å²) in [5, 5.41) is 1.10. The van der Waals surface area contributed by atoms with E-state index in [1.165, 1.54) is 5.56 Å². The van der Waals surface area contributed by atoms with Crippen LogP contribution in [0.3, 0.4) is 0 Å². The lowest BCUT2D eigenvalue weighted by molar-refractivity contribution is -0.131. The van der Waals surface area contributed by atoms with Gasteiger partial charge in [0, 0.05) is 61.4 Å². The summed E-state index contributed by atoms with van der Waals surface area (Å²) in [4.78, 5) is 35.2. The summed E-state index contributed by atoms with van der Waals surface area (Å²) in [5.74, 6) is 0.156. The number of nitrogens with one attached hydrogen (secondary N) is 1. The molecular weight excluding hydrogens is 412 g/mol. The molecule has 0 atom stereocenters. The SMILES string of the molecule is CCN(Cc1ccc(C(=O)N2CCN(C(=O)Cc3c[nH]c4ccccc34)CC2)cc1)C(C)C. The number of hydrogen-bond acceptors (Lipinski definition) is 3. The van der Waals surface area contributed by atoms with Gasteiger partial charge in [0.2, 0.25) is 5.91 Å². The molecule has 0 aliphatic carbocycles. The Morgan fingerprint density at radius 1 is 0.970 bits per heavy atom. The zero-order valence-electron chi connectivity index (χ0n) is 19.9. The molecule has 1 aliphatic rings. The molecule has 2 heterocycles. The standard InChI is InChI=1S/C27H34N4O2/c1-4-29(20(2)3)19-21-9-11-22(12-10-21)27(33)31-15-13-30(14-16-31)26(32)17-23-18-28-25-8-6-5-7-24(23)25/h5-12,18,20,28H,4,13-17,19H2,1-3H3. The molecular formula is C27H34N4O2. The van der Waals surface area contributed by atoms with Gasteiger partial charge in [-0.2, -0.15) is 0 Å². The number of benzene rings is 2. The number of fused-ring (bicyclic) bond motifs is 1. The molecule has 1 aliphatic heterocycles. The van der Waals surface area contributed by atoms with Gasteiger partial charge in [-0.3, -0.25) is 14.5 Å². The van der Waals surface area contributed by atoms with E-state index < -0.39 is 0 Å². The van der Waals surface area contributed by atoms with E-state index in [0.29, 0.717) is 44.2 Å². The Morgan fingerprint density at radius 2 is 1.64 bits per heavy atom. The minimum absolute atomic E-state index is 0.0430. The number of aromatic amines is 1. The maximum Gasteiger partial charge on any atom is 0.253 e. The molecule has 0 bridgehead atoms. The summed E-state index contributed by atoms with van der Waals surface area (Å²) in [5.41, 5.74) is 4.00. The smallest absolute Gasteiger partial charge is 0.253 e. The maximum absolute atomic E-state index is 13.0. The quantitative estimate of drug-likeness (QED) is 0.598. The van der Waals surface area contributed by atoms with Crippen molar-refractivity contribution < 1.29 is 9.59 Å². The van der Waals surface area contributed by atoms with Gasteiger partial charge in [-0.1, -0.05) is 37.3 Å². The molecule has 6 nitrogen and oxygen atoms in total. The van der Waals surface area contributed by atoms with E-state index in [1.807, 2.05) is 52.4 Å². The van der Waals surface area contributed by atoms with Crippen molar-refractivity contribution in [3.05, 3.63) is 71.4 Å². The third-order valence-electron chi connectivity index (χ3n) is 6.66. The Kier molecular flexibility index (Phi) is 7.14. The molecule has 1 fully saturated rings. The van der Waals surface area contributed by atoms with E-state index in [-0.39, 0.29) is 11.8 Å². The monoisotopic (exact) mass is 446 g/mol. The van der Waals surface area contributed by atoms with Gasteiger partial charge in [-0.15, -0.1) is 0 Å². The summed E-state index contributed by atoms with van der Waals surface area (Å²) in [6, 6.07) is 16.5. The molecule has 0 unspecified atom stereocenters. The number of piperazine rings is 1. The zero-order valence-corrected chi connectivity index (χ0v) is 19.9. The van der Waals surface area contributed by atoms with Crippen LogP contribution in [0.1, 0.15) is 42.3 Å². The zero-order chi connectivity index (χ0) is 23.4. The Balaban J connectivity index is 1.31. The van der Waals surface area contributed by atoms with E-state index in [1.54, 1.807) is 0 Å². The number of H-pyrrole nitrogens is 1. The lowest BCUT2D eigenvalue weighted by Crippen LogP contribution is -2.51. The van der Waals surface area contributed by atoms with Crippen LogP contribution in [0.5, 0.6) is 0 Å². The number of para-hydroxylation sites is 1. The average Bonchev–Trinajstić information content (AvgIpc) is 3.25. The summed E-state index contributed by atoms with van der Waals surface area (Å²) in [6.07, 6.45) is 2.30. The lowest BCUT2D eigenvalue weighted by Gasteiger charge is -2.35. The second-order valence-corrected chi connectivity index (χ2v) is 9.06. The Bertz CT molecular complexity index is 1090. The van der Waals surface area contributed by atoms with Crippen LogP contribution < -0.4 is 0 Å². The first-order chi connectivity index (χ1) is 16.0. The third kappa shape index (κ3) is 5.28. The van der Waals surface area contributed by atoms with Gasteiger partial charge >= 0.3 is 0 Å². The topological polar surface area (TPSA) is 59.7 Å². The molecule has 0 saturated carbocycles. The lowest BCUT2D eigenvalue weighted by atomic mass is 10.1. The number of carbonyl (C=O) groups is 2. The highest BCUT2D eigenvalue weighted by Crippen LogP contribution is 2.19. The second kappa shape index (κ2) is 10.2. The van der Waals surface area contributed by atoms with Crippen LogP contribution in [0, 0.1) is 0 Å². The highest BCUT2D eigenvalue weighted by Gasteiger charge is 2.25. The van der Waals surface area contributed by atoms with Gasteiger partial charge in [0.1, 0.15) is 0 Å². The molecule has 2 aromatic carbocycles. The first-order valence-corrected chi connectivity index (χ1v) is 11.9. The molecule has 2 amide bonds. The van der Waals surface area contributed by atoms with Gasteiger partial charge in [-0.05, 0) is 49.7 Å². The van der Waals surface area contributed by atoms with Crippen LogP contribution in [-0.2, 0) is 17.8 Å². The molecule has 0 spiro atoms. The van der Waals surface area contributed by atoms with Gasteiger partial charge in [0.15, 0.2) is 0 Å². The fourth-order valence-electron chi connectivity index (χ4n) is 4.54. The minimum Gasteiger partial charge on any atom is -0.361 e. The van der Waals surface area contributed by atoms with Crippen molar-refractivity contribution in [1.82, 2.24) is 19.7 Å². The van der Waals surface area contributed by atoms with Crippen LogP contribution in [0.4, 0.5) is 0 Å². The summed E-state index contributed by atoms with van der Waals surface area (Å²) < 4.78 is 0. The summed E-state index contributed by atoms with van der Waals surface area (Å²) in [7, 11) is 0. The predicted molar refractivity (Wildman–Crippen MR) is 132 cm³/mol. The molecule has 0 radical (unpaired) electrons. The van der Waals surface area contributed by atoms with E-state index in [0.717, 1.165) is 29.6 Å². The van der Waals surface area contributed by atoms with Crippen LogP contribution in [0.2, 0.25) is 0 Å². The van der Waals surface area contributed by atoms with Gasteiger partial charge < -0.3 is 14.8 Å². The number of nitrogens with zero attached hydrogens (tertiary/aromatic N) is 3. The van der Waals surface area contributed by atoms with Crippen molar-refractivity contribution >= 4 is 22.7 Å². The average molecular weight is 447 g/mol. The van der Waals surface area contributed by atoms with Gasteiger partial charge in [0.25, 0.3) is 5.91 Å². The van der Waals surface area contributed by atoms with Crippen LogP contribution >= 0.6 is 0 Å². The molecule has 3 aromatic rings. The second-order valence-electron chi connectivity index (χ2n) is 9.06. The first-order valence-electron chi connectivity index (χ1n) is 11.9. The number of aromatic nitrogens is 1. The largest absolute Gasteiger partial charge is 0.361 e. The Hall–Kier alpha value is -3.12. The normalized spacial score (nSPS) is 14.5. The highest BCUT2D eigenvalue weighted by atomic mass is 16.2. The van der Waals surface area contributed by atoms with Crippen LogP contribution in [0.25, 0.3) is 10.9 Å². The van der Waals surface area contributed by atoms with Crippen LogP contribution in [0.15, 0.2) is 54.7 Å². The molecule has 1 aromatic heterocycles. The van der Waals surface area contributed by atoms with Crippen molar-refractivity contribution in [3.8, 4) is 0 Å². The molecule has 1 saturated heterocycles. The van der Waals surface area contributed by atoms with Crippen molar-refractivity contribution in [2.75, 3.05) is 32.7 Å². The summed E-state index contributed by atoms with van der Waals surface area (Å²) >= 11 is 0. The van der Waals surface area contributed by atoms with Crippen molar-refractivity contribution in [3.63, 3.8) is 0 Å². The number of hydrogen-bond donors (Lipinski definition) is 1. The minimum atomic E-state index is 0.0430. The number of rotatable bonds is 7. The molecule has 4 rings (SSSR count). The number of carbonyl (C=O) groups excluding carboxylic acids is 2. The maximum atomic E-state index is 13.0. The van der Waals surface area contributed by atoms with E-state index >= 15 is 0 Å². The Labute approximate surface area is 196 Å². The molecule has 174 valence electrons. The van der Waals surface area contributed by atoms with Gasteiger partial charge in [-0.25, -0.2) is 0 Å².